The van der Waals surface area contributed by atoms with Crippen molar-refractivity contribution in [3.05, 3.63) is 59.5 Å². The van der Waals surface area contributed by atoms with Gasteiger partial charge in [-0.3, -0.25) is 4.79 Å². The fourth-order valence-electron chi connectivity index (χ4n) is 2.37. The predicted octanol–water partition coefficient (Wildman–Crippen LogP) is 4.59. The molecule has 1 amide bonds. The van der Waals surface area contributed by atoms with Crippen LogP contribution in [-0.2, 0) is 4.79 Å². The third-order valence-electron chi connectivity index (χ3n) is 3.73. The number of rotatable bonds is 5. The first-order valence-electron chi connectivity index (χ1n) is 8.16. The number of hydrogen-bond donors (Lipinski definition) is 1. The van der Waals surface area contributed by atoms with Crippen LogP contribution in [0.5, 0.6) is 0 Å². The predicted molar refractivity (Wildman–Crippen MR) is 110 cm³/mol. The lowest BCUT2D eigenvalue weighted by Gasteiger charge is -2.11. The molecule has 5 nitrogen and oxygen atoms in total. The molecule has 0 aliphatic carbocycles. The van der Waals surface area contributed by atoms with Gasteiger partial charge in [-0.25, -0.2) is 9.98 Å². The van der Waals surface area contributed by atoms with E-state index in [1.54, 1.807) is 0 Å². The number of benzene rings is 2. The third-order valence-corrected chi connectivity index (χ3v) is 4.48. The highest BCUT2D eigenvalue weighted by atomic mass is 32.1. The average molecular weight is 364 g/mol. The van der Waals surface area contributed by atoms with E-state index in [0.717, 1.165) is 28.2 Å². The number of hydrogen-bond acceptors (Lipinski definition) is 5. The standard InChI is InChI=1S/C20H20N4OS/c1-14(25)22-17-8-6-16(7-9-17)19-13-26-20(23-19)21-12-15-4-10-18(11-5-15)24(2)3/h4-13H,1-3H3,(H,22,25)/b21-12+. The van der Waals surface area contributed by atoms with Crippen molar-refractivity contribution in [2.24, 2.45) is 4.99 Å². The molecule has 3 aromatic rings. The van der Waals surface area contributed by atoms with Gasteiger partial charge in [0.1, 0.15) is 0 Å². The molecule has 1 N–H and O–H groups in total. The van der Waals surface area contributed by atoms with E-state index in [4.69, 9.17) is 0 Å². The molecule has 3 rings (SSSR count). The second kappa shape index (κ2) is 7.93. The molecule has 0 bridgehead atoms. The summed E-state index contributed by atoms with van der Waals surface area (Å²) in [4.78, 5) is 22.2. The average Bonchev–Trinajstić information content (AvgIpc) is 3.09. The van der Waals surface area contributed by atoms with Crippen LogP contribution in [0.4, 0.5) is 16.5 Å². The zero-order valence-electron chi connectivity index (χ0n) is 14.9. The van der Waals surface area contributed by atoms with Gasteiger partial charge in [0.25, 0.3) is 0 Å². The van der Waals surface area contributed by atoms with E-state index in [1.165, 1.54) is 18.3 Å². The molecule has 1 aromatic heterocycles. The summed E-state index contributed by atoms with van der Waals surface area (Å²) in [5.41, 5.74) is 4.83. The largest absolute Gasteiger partial charge is 0.378 e. The summed E-state index contributed by atoms with van der Waals surface area (Å²) in [5, 5.41) is 5.45. The van der Waals surface area contributed by atoms with Gasteiger partial charge in [0.15, 0.2) is 0 Å². The Labute approximate surface area is 157 Å². The Morgan fingerprint density at radius 1 is 1.12 bits per heavy atom. The molecule has 0 spiro atoms. The van der Waals surface area contributed by atoms with Crippen LogP contribution >= 0.6 is 11.3 Å². The summed E-state index contributed by atoms with van der Waals surface area (Å²) in [6.45, 7) is 1.49. The smallest absolute Gasteiger partial charge is 0.221 e. The van der Waals surface area contributed by atoms with E-state index in [2.05, 4.69) is 32.3 Å². The van der Waals surface area contributed by atoms with E-state index in [-0.39, 0.29) is 5.91 Å². The summed E-state index contributed by atoms with van der Waals surface area (Å²) in [5.74, 6) is -0.0818. The Bertz CT molecular complexity index is 912. The third kappa shape index (κ3) is 4.55. The maximum Gasteiger partial charge on any atom is 0.221 e. The Morgan fingerprint density at radius 3 is 2.42 bits per heavy atom. The van der Waals surface area contributed by atoms with Crippen LogP contribution in [0.15, 0.2) is 58.9 Å². The molecule has 1 heterocycles. The lowest BCUT2D eigenvalue weighted by molar-refractivity contribution is -0.114. The number of carbonyl (C=O) groups is 1. The molecule has 132 valence electrons. The fraction of sp³-hybridized carbons (Fsp3) is 0.150. The topological polar surface area (TPSA) is 57.6 Å². The van der Waals surface area contributed by atoms with Crippen molar-refractivity contribution in [3.63, 3.8) is 0 Å². The number of amides is 1. The zero-order valence-corrected chi connectivity index (χ0v) is 15.7. The molecule has 26 heavy (non-hydrogen) atoms. The highest BCUT2D eigenvalue weighted by Crippen LogP contribution is 2.27. The van der Waals surface area contributed by atoms with Gasteiger partial charge in [0.2, 0.25) is 11.0 Å². The number of aliphatic imine (C=N–C) groups is 1. The van der Waals surface area contributed by atoms with Gasteiger partial charge in [-0.15, -0.1) is 11.3 Å². The Morgan fingerprint density at radius 2 is 1.81 bits per heavy atom. The lowest BCUT2D eigenvalue weighted by Crippen LogP contribution is -2.08. The number of nitrogens with one attached hydrogen (secondary N) is 1. The molecule has 6 heteroatoms. The van der Waals surface area contributed by atoms with Crippen LogP contribution < -0.4 is 10.2 Å². The van der Waals surface area contributed by atoms with Crippen molar-refractivity contribution in [1.82, 2.24) is 4.98 Å². The normalized spacial score (nSPS) is 10.9. The van der Waals surface area contributed by atoms with Crippen molar-refractivity contribution in [3.8, 4) is 11.3 Å². The molecular weight excluding hydrogens is 344 g/mol. The van der Waals surface area contributed by atoms with E-state index in [1.807, 2.05) is 62.1 Å². The molecule has 0 atom stereocenters. The molecule has 0 unspecified atom stereocenters. The van der Waals surface area contributed by atoms with Gasteiger partial charge in [-0.05, 0) is 29.8 Å². The molecule has 0 saturated heterocycles. The van der Waals surface area contributed by atoms with Crippen LogP contribution in [0.3, 0.4) is 0 Å². The number of anilines is 2. The van der Waals surface area contributed by atoms with Crippen molar-refractivity contribution >= 4 is 40.0 Å². The van der Waals surface area contributed by atoms with Gasteiger partial charge in [-0.2, -0.15) is 0 Å². The first-order valence-corrected chi connectivity index (χ1v) is 9.04. The van der Waals surface area contributed by atoms with Crippen molar-refractivity contribution < 1.29 is 4.79 Å². The SMILES string of the molecule is CC(=O)Nc1ccc(-c2csc(/N=C/c3ccc(N(C)C)cc3)n2)cc1. The van der Waals surface area contributed by atoms with E-state index < -0.39 is 0 Å². The second-order valence-electron chi connectivity index (χ2n) is 6.02. The summed E-state index contributed by atoms with van der Waals surface area (Å²) in [6.07, 6.45) is 1.82. The molecule has 0 aliphatic rings. The van der Waals surface area contributed by atoms with Crippen LogP contribution in [0, 0.1) is 0 Å². The molecule has 0 aliphatic heterocycles. The molecule has 0 saturated carbocycles. The van der Waals surface area contributed by atoms with Crippen molar-refractivity contribution in [2.75, 3.05) is 24.3 Å². The number of thiazole rings is 1. The molecular formula is C20H20N4OS. The van der Waals surface area contributed by atoms with Crippen LogP contribution in [-0.4, -0.2) is 31.2 Å². The minimum atomic E-state index is -0.0818. The molecule has 0 fully saturated rings. The number of nitrogens with zero attached hydrogens (tertiary/aromatic N) is 3. The highest BCUT2D eigenvalue weighted by molar-refractivity contribution is 7.13. The van der Waals surface area contributed by atoms with E-state index in [0.29, 0.717) is 5.13 Å². The number of carbonyl (C=O) groups excluding carboxylic acids is 1. The first kappa shape index (κ1) is 17.8. The maximum atomic E-state index is 11.1. The highest BCUT2D eigenvalue weighted by Gasteiger charge is 2.04. The summed E-state index contributed by atoms with van der Waals surface area (Å²) >= 11 is 1.50. The van der Waals surface area contributed by atoms with Crippen molar-refractivity contribution in [1.29, 1.82) is 0 Å². The van der Waals surface area contributed by atoms with E-state index >= 15 is 0 Å². The summed E-state index contributed by atoms with van der Waals surface area (Å²) in [7, 11) is 4.03. The molecule has 0 radical (unpaired) electrons. The Balaban J connectivity index is 1.70. The summed E-state index contributed by atoms with van der Waals surface area (Å²) < 4.78 is 0. The van der Waals surface area contributed by atoms with Gasteiger partial charge in [-0.1, -0.05) is 24.3 Å². The summed E-state index contributed by atoms with van der Waals surface area (Å²) in [6, 6.07) is 15.8. The van der Waals surface area contributed by atoms with Crippen LogP contribution in [0.25, 0.3) is 11.3 Å². The minimum absolute atomic E-state index is 0.0818. The van der Waals surface area contributed by atoms with Crippen molar-refractivity contribution in [2.45, 2.75) is 6.92 Å². The minimum Gasteiger partial charge on any atom is -0.378 e. The Hall–Kier alpha value is -2.99. The van der Waals surface area contributed by atoms with Crippen LogP contribution in [0.2, 0.25) is 0 Å². The first-order chi connectivity index (χ1) is 12.5. The van der Waals surface area contributed by atoms with Gasteiger partial charge < -0.3 is 10.2 Å². The lowest BCUT2D eigenvalue weighted by atomic mass is 10.1. The second-order valence-corrected chi connectivity index (χ2v) is 6.85. The Kier molecular flexibility index (Phi) is 5.43. The van der Waals surface area contributed by atoms with Gasteiger partial charge in [0.05, 0.1) is 5.69 Å². The monoisotopic (exact) mass is 364 g/mol. The van der Waals surface area contributed by atoms with E-state index in [9.17, 15) is 4.79 Å². The number of aromatic nitrogens is 1. The maximum absolute atomic E-state index is 11.1. The zero-order chi connectivity index (χ0) is 18.5. The van der Waals surface area contributed by atoms with Gasteiger partial charge in [0, 0.05) is 49.6 Å². The fourth-order valence-corrected chi connectivity index (χ4v) is 3.04. The molecule has 2 aromatic carbocycles. The quantitative estimate of drug-likeness (QED) is 0.674. The van der Waals surface area contributed by atoms with Crippen LogP contribution in [0.1, 0.15) is 12.5 Å². The van der Waals surface area contributed by atoms with Gasteiger partial charge >= 0.3 is 0 Å².